The number of aromatic nitrogens is 2. The lowest BCUT2D eigenvalue weighted by Crippen LogP contribution is -2.57. The van der Waals surface area contributed by atoms with Crippen molar-refractivity contribution in [3.63, 3.8) is 0 Å². The molecule has 0 spiro atoms. The van der Waals surface area contributed by atoms with E-state index in [0.29, 0.717) is 18.2 Å². The first-order chi connectivity index (χ1) is 9.01. The highest BCUT2D eigenvalue weighted by Crippen LogP contribution is 2.20. The van der Waals surface area contributed by atoms with E-state index in [-0.39, 0.29) is 24.3 Å². The number of carbonyl (C=O) groups excluding carboxylic acids is 2. The molecule has 19 heavy (non-hydrogen) atoms. The maximum Gasteiger partial charge on any atom is 0.249 e. The van der Waals surface area contributed by atoms with E-state index < -0.39 is 6.04 Å². The molecule has 8 heteroatoms. The summed E-state index contributed by atoms with van der Waals surface area (Å²) in [7, 11) is 0. The lowest BCUT2D eigenvalue weighted by atomic mass is 10.2. The molecule has 0 saturated carbocycles. The fourth-order valence-electron chi connectivity index (χ4n) is 1.87. The van der Waals surface area contributed by atoms with Gasteiger partial charge in [0.2, 0.25) is 17.8 Å². The van der Waals surface area contributed by atoms with Crippen molar-refractivity contribution >= 4 is 29.4 Å². The number of anilines is 3. The lowest BCUT2D eigenvalue weighted by molar-refractivity contribution is -0.132. The van der Waals surface area contributed by atoms with Gasteiger partial charge in [-0.3, -0.25) is 14.9 Å². The fraction of sp³-hybridized carbons (Fsp3) is 0.455. The van der Waals surface area contributed by atoms with Crippen molar-refractivity contribution in [3.05, 3.63) is 6.07 Å². The SMILES string of the molecule is CCNc1cc(N2CC(=O)NC(=O)C2C)nc(N)n1. The van der Waals surface area contributed by atoms with Gasteiger partial charge in [0, 0.05) is 12.6 Å². The second-order valence-corrected chi connectivity index (χ2v) is 4.22. The van der Waals surface area contributed by atoms with Gasteiger partial charge < -0.3 is 16.0 Å². The van der Waals surface area contributed by atoms with Gasteiger partial charge in [-0.1, -0.05) is 0 Å². The van der Waals surface area contributed by atoms with Gasteiger partial charge in [0.05, 0.1) is 6.54 Å². The molecule has 1 aromatic heterocycles. The van der Waals surface area contributed by atoms with Gasteiger partial charge in [0.15, 0.2) is 0 Å². The van der Waals surface area contributed by atoms with Crippen molar-refractivity contribution in [2.45, 2.75) is 19.9 Å². The van der Waals surface area contributed by atoms with Crippen LogP contribution in [0.1, 0.15) is 13.8 Å². The minimum atomic E-state index is -0.485. The molecule has 4 N–H and O–H groups in total. The normalized spacial score (nSPS) is 19.3. The number of hydrogen-bond acceptors (Lipinski definition) is 7. The Labute approximate surface area is 110 Å². The highest BCUT2D eigenvalue weighted by Gasteiger charge is 2.31. The summed E-state index contributed by atoms with van der Waals surface area (Å²) in [6, 6.07) is 1.18. The highest BCUT2D eigenvalue weighted by atomic mass is 16.2. The molecule has 2 rings (SSSR count). The molecule has 1 unspecified atom stereocenters. The molecule has 2 heterocycles. The number of nitrogens with one attached hydrogen (secondary N) is 2. The molecule has 0 aromatic carbocycles. The number of rotatable bonds is 3. The van der Waals surface area contributed by atoms with Crippen LogP contribution in [0.5, 0.6) is 0 Å². The van der Waals surface area contributed by atoms with E-state index in [0.717, 1.165) is 0 Å². The maximum atomic E-state index is 11.6. The third-order valence-corrected chi connectivity index (χ3v) is 2.81. The standard InChI is InChI=1S/C11H16N6O2/c1-3-13-7-4-8(15-11(12)14-7)17-5-9(18)16-10(19)6(17)2/h4,6H,3,5H2,1-2H3,(H,16,18,19)(H3,12,13,14,15). The Morgan fingerprint density at radius 3 is 2.95 bits per heavy atom. The van der Waals surface area contributed by atoms with Crippen LogP contribution in [0.2, 0.25) is 0 Å². The van der Waals surface area contributed by atoms with Gasteiger partial charge in [-0.15, -0.1) is 0 Å². The van der Waals surface area contributed by atoms with Crippen LogP contribution in [0.25, 0.3) is 0 Å². The number of piperazine rings is 1. The molecule has 102 valence electrons. The van der Waals surface area contributed by atoms with E-state index in [1.165, 1.54) is 0 Å². The van der Waals surface area contributed by atoms with Crippen molar-refractivity contribution < 1.29 is 9.59 Å². The third-order valence-electron chi connectivity index (χ3n) is 2.81. The summed E-state index contributed by atoms with van der Waals surface area (Å²) >= 11 is 0. The Morgan fingerprint density at radius 2 is 2.26 bits per heavy atom. The van der Waals surface area contributed by atoms with E-state index in [2.05, 4.69) is 20.6 Å². The van der Waals surface area contributed by atoms with Crippen molar-refractivity contribution in [1.29, 1.82) is 0 Å². The summed E-state index contributed by atoms with van der Waals surface area (Å²) in [4.78, 5) is 32.8. The van der Waals surface area contributed by atoms with Crippen LogP contribution < -0.4 is 21.3 Å². The number of nitrogens with zero attached hydrogens (tertiary/aromatic N) is 3. The average molecular weight is 264 g/mol. The van der Waals surface area contributed by atoms with Crippen LogP contribution in [0.15, 0.2) is 6.07 Å². The van der Waals surface area contributed by atoms with Gasteiger partial charge in [-0.25, -0.2) is 0 Å². The number of nitrogens with two attached hydrogens (primary N) is 1. The number of imide groups is 1. The number of hydrogen-bond donors (Lipinski definition) is 3. The zero-order valence-corrected chi connectivity index (χ0v) is 10.8. The lowest BCUT2D eigenvalue weighted by Gasteiger charge is -2.32. The summed E-state index contributed by atoms with van der Waals surface area (Å²) in [5.41, 5.74) is 5.64. The summed E-state index contributed by atoms with van der Waals surface area (Å²) in [5, 5.41) is 5.30. The monoisotopic (exact) mass is 264 g/mol. The number of nitrogen functional groups attached to an aromatic ring is 1. The third kappa shape index (κ3) is 2.72. The van der Waals surface area contributed by atoms with Crippen molar-refractivity contribution in [2.75, 3.05) is 29.0 Å². The van der Waals surface area contributed by atoms with Crippen LogP contribution in [0, 0.1) is 0 Å². The molecule has 2 amide bonds. The van der Waals surface area contributed by atoms with Gasteiger partial charge in [-0.2, -0.15) is 9.97 Å². The fourth-order valence-corrected chi connectivity index (χ4v) is 1.87. The van der Waals surface area contributed by atoms with Crippen LogP contribution in [0.4, 0.5) is 17.6 Å². The van der Waals surface area contributed by atoms with Gasteiger partial charge in [0.1, 0.15) is 17.7 Å². The Bertz CT molecular complexity index is 518. The molecule has 1 aromatic rings. The van der Waals surface area contributed by atoms with Gasteiger partial charge >= 0.3 is 0 Å². The van der Waals surface area contributed by atoms with Crippen molar-refractivity contribution in [1.82, 2.24) is 15.3 Å². The van der Waals surface area contributed by atoms with E-state index in [1.807, 2.05) is 6.92 Å². The molecule has 1 fully saturated rings. The summed E-state index contributed by atoms with van der Waals surface area (Å²) < 4.78 is 0. The van der Waals surface area contributed by atoms with Crippen LogP contribution in [0.3, 0.4) is 0 Å². The molecular weight excluding hydrogens is 248 g/mol. The van der Waals surface area contributed by atoms with E-state index in [4.69, 9.17) is 5.73 Å². The predicted octanol–water partition coefficient (Wildman–Crippen LogP) is -0.658. The molecule has 0 radical (unpaired) electrons. The van der Waals surface area contributed by atoms with Crippen molar-refractivity contribution in [3.8, 4) is 0 Å². The van der Waals surface area contributed by atoms with Crippen LogP contribution in [-0.4, -0.2) is 40.9 Å². The highest BCUT2D eigenvalue weighted by molar-refractivity contribution is 6.04. The second kappa shape index (κ2) is 5.09. The Hall–Kier alpha value is -2.38. The van der Waals surface area contributed by atoms with E-state index in [9.17, 15) is 9.59 Å². The van der Waals surface area contributed by atoms with Gasteiger partial charge in [0.25, 0.3) is 0 Å². The van der Waals surface area contributed by atoms with Crippen LogP contribution >= 0.6 is 0 Å². The first kappa shape index (κ1) is 13.1. The van der Waals surface area contributed by atoms with Gasteiger partial charge in [-0.05, 0) is 13.8 Å². The quantitative estimate of drug-likeness (QED) is 0.621. The van der Waals surface area contributed by atoms with E-state index in [1.54, 1.807) is 17.9 Å². The zero-order chi connectivity index (χ0) is 14.0. The van der Waals surface area contributed by atoms with E-state index >= 15 is 0 Å². The molecule has 8 nitrogen and oxygen atoms in total. The molecular formula is C11H16N6O2. The van der Waals surface area contributed by atoms with Crippen molar-refractivity contribution in [2.24, 2.45) is 0 Å². The number of amides is 2. The Morgan fingerprint density at radius 1 is 1.53 bits per heavy atom. The summed E-state index contributed by atoms with van der Waals surface area (Å²) in [6.45, 7) is 4.38. The zero-order valence-electron chi connectivity index (χ0n) is 10.8. The molecule has 0 bridgehead atoms. The molecule has 1 saturated heterocycles. The molecule has 0 aliphatic carbocycles. The topological polar surface area (TPSA) is 113 Å². The minimum Gasteiger partial charge on any atom is -0.370 e. The summed E-state index contributed by atoms with van der Waals surface area (Å²) in [6.07, 6.45) is 0. The molecule has 1 aliphatic rings. The minimum absolute atomic E-state index is 0.0644. The molecule has 1 atom stereocenters. The number of carbonyl (C=O) groups is 2. The summed E-state index contributed by atoms with van der Waals surface area (Å²) in [5.74, 6) is 0.414. The first-order valence-corrected chi connectivity index (χ1v) is 6.00. The molecule has 1 aliphatic heterocycles. The average Bonchev–Trinajstić information content (AvgIpc) is 2.33. The first-order valence-electron chi connectivity index (χ1n) is 6.00. The van der Waals surface area contributed by atoms with Crippen LogP contribution in [-0.2, 0) is 9.59 Å². The maximum absolute atomic E-state index is 11.6. The smallest absolute Gasteiger partial charge is 0.249 e. The Balaban J connectivity index is 2.34. The largest absolute Gasteiger partial charge is 0.370 e. The predicted molar refractivity (Wildman–Crippen MR) is 70.6 cm³/mol. The second-order valence-electron chi connectivity index (χ2n) is 4.22. The Kier molecular flexibility index (Phi) is 3.50.